The van der Waals surface area contributed by atoms with Gasteiger partial charge in [-0.3, -0.25) is 0 Å². The van der Waals surface area contributed by atoms with Crippen molar-refractivity contribution in [1.82, 2.24) is 15.0 Å². The van der Waals surface area contributed by atoms with Crippen molar-refractivity contribution in [2.75, 3.05) is 5.73 Å². The van der Waals surface area contributed by atoms with Crippen LogP contribution in [0, 0.1) is 13.8 Å². The Hall–Kier alpha value is -2.37. The molecule has 106 valence electrons. The monoisotopic (exact) mass is 274 g/mol. The number of aryl methyl sites for hydroxylation is 2. The number of nitrogen functional groups attached to an aromatic ring is 1. The number of anilines is 1. The van der Waals surface area contributed by atoms with Gasteiger partial charge in [-0.1, -0.05) is 6.07 Å². The van der Waals surface area contributed by atoms with Crippen molar-refractivity contribution in [1.29, 1.82) is 0 Å². The molecule has 1 aromatic heterocycles. The van der Waals surface area contributed by atoms with Gasteiger partial charge in [-0.25, -0.2) is 0 Å². The van der Waals surface area contributed by atoms with E-state index in [4.69, 9.17) is 15.2 Å². The Morgan fingerprint density at radius 1 is 1.00 bits per heavy atom. The zero-order chi connectivity index (χ0) is 14.7. The van der Waals surface area contributed by atoms with Crippen LogP contribution in [-0.4, -0.2) is 21.1 Å². The summed E-state index contributed by atoms with van der Waals surface area (Å²) in [6, 6.07) is 6.02. The molecule has 6 heteroatoms. The second-order valence-electron chi connectivity index (χ2n) is 4.77. The minimum Gasteiger partial charge on any atom is -0.461 e. The smallest absolute Gasteiger partial charge is 0.330 e. The Labute approximate surface area is 118 Å². The first-order valence-corrected chi connectivity index (χ1v) is 6.37. The summed E-state index contributed by atoms with van der Waals surface area (Å²) >= 11 is 0. The first-order valence-electron chi connectivity index (χ1n) is 6.37. The van der Waals surface area contributed by atoms with Gasteiger partial charge in [-0.05, 0) is 51.0 Å². The second kappa shape index (κ2) is 5.73. The molecule has 0 unspecified atom stereocenters. The third-order valence-electron chi connectivity index (χ3n) is 2.64. The summed E-state index contributed by atoms with van der Waals surface area (Å²) in [7, 11) is 0. The highest BCUT2D eigenvalue weighted by atomic mass is 16.5. The van der Waals surface area contributed by atoms with Crippen LogP contribution >= 0.6 is 0 Å². The predicted molar refractivity (Wildman–Crippen MR) is 76.0 cm³/mol. The molecule has 0 saturated heterocycles. The lowest BCUT2D eigenvalue weighted by Crippen LogP contribution is -2.11. The maximum Gasteiger partial charge on any atom is 0.330 e. The molecule has 1 aromatic carbocycles. The van der Waals surface area contributed by atoms with Crippen LogP contribution in [0.25, 0.3) is 0 Å². The van der Waals surface area contributed by atoms with Crippen molar-refractivity contribution < 1.29 is 9.47 Å². The molecule has 0 radical (unpaired) electrons. The molecule has 6 nitrogen and oxygen atoms in total. The molecule has 0 fully saturated rings. The SMILES string of the molecule is Cc1ccc(Oc2nc(N)nc(OC(C)C)n2)cc1C. The number of rotatable bonds is 4. The predicted octanol–water partition coefficient (Wildman–Crippen LogP) is 2.65. The first kappa shape index (κ1) is 14.0. The van der Waals surface area contributed by atoms with Gasteiger partial charge in [0.15, 0.2) is 0 Å². The highest BCUT2D eigenvalue weighted by Gasteiger charge is 2.09. The summed E-state index contributed by atoms with van der Waals surface area (Å²) in [4.78, 5) is 11.9. The maximum atomic E-state index is 5.62. The van der Waals surface area contributed by atoms with Crippen molar-refractivity contribution in [3.63, 3.8) is 0 Å². The van der Waals surface area contributed by atoms with Gasteiger partial charge in [0.05, 0.1) is 6.10 Å². The minimum atomic E-state index is -0.0498. The standard InChI is InChI=1S/C14H18N4O2/c1-8(2)19-13-16-12(15)17-14(18-13)20-11-6-5-9(3)10(4)7-11/h5-8H,1-4H3,(H2,15,16,17,18). The molecule has 0 spiro atoms. The van der Waals surface area contributed by atoms with Crippen LogP contribution in [0.15, 0.2) is 18.2 Å². The van der Waals surface area contributed by atoms with Gasteiger partial charge in [0.2, 0.25) is 5.95 Å². The van der Waals surface area contributed by atoms with Crippen molar-refractivity contribution in [3.8, 4) is 17.8 Å². The molecule has 0 atom stereocenters. The average Bonchev–Trinajstić information content (AvgIpc) is 2.32. The largest absolute Gasteiger partial charge is 0.461 e. The van der Waals surface area contributed by atoms with E-state index < -0.39 is 0 Å². The van der Waals surface area contributed by atoms with E-state index in [2.05, 4.69) is 15.0 Å². The Bertz CT molecular complexity index is 614. The fraction of sp³-hybridized carbons (Fsp3) is 0.357. The molecule has 0 saturated carbocycles. The van der Waals surface area contributed by atoms with E-state index in [-0.39, 0.29) is 24.1 Å². The van der Waals surface area contributed by atoms with Crippen LogP contribution < -0.4 is 15.2 Å². The lowest BCUT2D eigenvalue weighted by Gasteiger charge is -2.10. The van der Waals surface area contributed by atoms with E-state index in [1.54, 1.807) is 0 Å². The van der Waals surface area contributed by atoms with Crippen LogP contribution in [0.4, 0.5) is 5.95 Å². The van der Waals surface area contributed by atoms with E-state index in [1.807, 2.05) is 45.9 Å². The van der Waals surface area contributed by atoms with Gasteiger partial charge in [-0.15, -0.1) is 4.98 Å². The third kappa shape index (κ3) is 3.57. The zero-order valence-electron chi connectivity index (χ0n) is 12.0. The van der Waals surface area contributed by atoms with Crippen LogP contribution in [0.5, 0.6) is 17.8 Å². The number of hydrogen-bond donors (Lipinski definition) is 1. The summed E-state index contributed by atoms with van der Waals surface area (Å²) in [5.41, 5.74) is 7.94. The quantitative estimate of drug-likeness (QED) is 0.922. The van der Waals surface area contributed by atoms with Gasteiger partial charge in [0.1, 0.15) is 5.75 Å². The van der Waals surface area contributed by atoms with Crippen LogP contribution in [0.2, 0.25) is 0 Å². The van der Waals surface area contributed by atoms with Gasteiger partial charge in [-0.2, -0.15) is 9.97 Å². The van der Waals surface area contributed by atoms with Gasteiger partial charge < -0.3 is 15.2 Å². The van der Waals surface area contributed by atoms with Gasteiger partial charge in [0.25, 0.3) is 0 Å². The Morgan fingerprint density at radius 3 is 2.35 bits per heavy atom. The van der Waals surface area contributed by atoms with Crippen LogP contribution in [-0.2, 0) is 0 Å². The second-order valence-corrected chi connectivity index (χ2v) is 4.77. The summed E-state index contributed by atoms with van der Waals surface area (Å²) < 4.78 is 11.0. The van der Waals surface area contributed by atoms with E-state index in [1.165, 1.54) is 5.56 Å². The fourth-order valence-corrected chi connectivity index (χ4v) is 1.54. The fourth-order valence-electron chi connectivity index (χ4n) is 1.54. The number of aromatic nitrogens is 3. The molecular formula is C14H18N4O2. The van der Waals surface area contributed by atoms with Crippen LogP contribution in [0.1, 0.15) is 25.0 Å². The summed E-state index contributed by atoms with van der Waals surface area (Å²) in [6.07, 6.45) is -0.0498. The molecule has 2 rings (SSSR count). The van der Waals surface area contributed by atoms with Crippen molar-refractivity contribution >= 4 is 5.95 Å². The van der Waals surface area contributed by atoms with Gasteiger partial charge >= 0.3 is 12.0 Å². The summed E-state index contributed by atoms with van der Waals surface area (Å²) in [5, 5.41) is 0. The molecule has 2 aromatic rings. The van der Waals surface area contributed by atoms with Crippen LogP contribution in [0.3, 0.4) is 0 Å². The zero-order valence-corrected chi connectivity index (χ0v) is 12.0. The lowest BCUT2D eigenvalue weighted by atomic mass is 10.1. The van der Waals surface area contributed by atoms with E-state index >= 15 is 0 Å². The number of nitrogens with zero attached hydrogens (tertiary/aromatic N) is 3. The third-order valence-corrected chi connectivity index (χ3v) is 2.64. The minimum absolute atomic E-state index is 0.0498. The Morgan fingerprint density at radius 2 is 1.70 bits per heavy atom. The maximum absolute atomic E-state index is 5.62. The molecule has 2 N–H and O–H groups in total. The van der Waals surface area contributed by atoms with E-state index in [0.29, 0.717) is 5.75 Å². The van der Waals surface area contributed by atoms with E-state index in [0.717, 1.165) is 5.56 Å². The van der Waals surface area contributed by atoms with Crippen molar-refractivity contribution in [3.05, 3.63) is 29.3 Å². The topological polar surface area (TPSA) is 83.2 Å². The molecule has 0 aliphatic heterocycles. The van der Waals surface area contributed by atoms with E-state index in [9.17, 15) is 0 Å². The first-order chi connectivity index (χ1) is 9.44. The Kier molecular flexibility index (Phi) is 4.02. The molecular weight excluding hydrogens is 256 g/mol. The number of ether oxygens (including phenoxy) is 2. The number of nitrogens with two attached hydrogens (primary N) is 1. The number of benzene rings is 1. The normalized spacial score (nSPS) is 10.7. The molecule has 0 aliphatic rings. The number of hydrogen-bond acceptors (Lipinski definition) is 6. The van der Waals surface area contributed by atoms with Crippen molar-refractivity contribution in [2.24, 2.45) is 0 Å². The summed E-state index contributed by atoms with van der Waals surface area (Å²) in [5.74, 6) is 0.712. The highest BCUT2D eigenvalue weighted by Crippen LogP contribution is 2.22. The average molecular weight is 274 g/mol. The molecule has 0 bridgehead atoms. The summed E-state index contributed by atoms with van der Waals surface area (Å²) in [6.45, 7) is 7.81. The molecule has 0 amide bonds. The molecule has 0 aliphatic carbocycles. The Balaban J connectivity index is 2.24. The molecule has 1 heterocycles. The van der Waals surface area contributed by atoms with Crippen molar-refractivity contribution in [2.45, 2.75) is 33.8 Å². The molecule has 20 heavy (non-hydrogen) atoms. The van der Waals surface area contributed by atoms with Gasteiger partial charge in [0, 0.05) is 0 Å². The highest BCUT2D eigenvalue weighted by molar-refractivity contribution is 5.35. The lowest BCUT2D eigenvalue weighted by molar-refractivity contribution is 0.219.